The lowest BCUT2D eigenvalue weighted by Crippen LogP contribution is -2.26. The van der Waals surface area contributed by atoms with Crippen molar-refractivity contribution in [3.8, 4) is 0 Å². The highest BCUT2D eigenvalue weighted by Gasteiger charge is 2.13. The SMILES string of the molecule is CCNC(=O)Cc1ccc(NC(C)CS(=O)(=O)CC)cc1. The summed E-state index contributed by atoms with van der Waals surface area (Å²) in [6.07, 6.45) is 0.355. The maximum atomic E-state index is 11.6. The summed E-state index contributed by atoms with van der Waals surface area (Å²) in [7, 11) is -2.98. The zero-order valence-corrected chi connectivity index (χ0v) is 13.7. The van der Waals surface area contributed by atoms with Gasteiger partial charge < -0.3 is 10.6 Å². The van der Waals surface area contributed by atoms with Gasteiger partial charge in [-0.2, -0.15) is 0 Å². The molecule has 0 fully saturated rings. The van der Waals surface area contributed by atoms with Crippen molar-refractivity contribution in [2.24, 2.45) is 0 Å². The highest BCUT2D eigenvalue weighted by molar-refractivity contribution is 7.91. The van der Waals surface area contributed by atoms with Crippen molar-refractivity contribution in [2.45, 2.75) is 33.2 Å². The Labute approximate surface area is 127 Å². The summed E-state index contributed by atoms with van der Waals surface area (Å²) >= 11 is 0. The number of carbonyl (C=O) groups excluding carboxylic acids is 1. The molecule has 1 atom stereocenters. The molecule has 6 heteroatoms. The number of nitrogens with one attached hydrogen (secondary N) is 2. The second-order valence-electron chi connectivity index (χ2n) is 5.07. The summed E-state index contributed by atoms with van der Waals surface area (Å²) in [5.74, 6) is 0.273. The number of likely N-dealkylation sites (N-methyl/N-ethyl adjacent to an activating group) is 1. The van der Waals surface area contributed by atoms with E-state index in [4.69, 9.17) is 0 Å². The normalized spacial score (nSPS) is 12.7. The van der Waals surface area contributed by atoms with Gasteiger partial charge in [-0.25, -0.2) is 8.42 Å². The van der Waals surface area contributed by atoms with Crippen LogP contribution in [0.1, 0.15) is 26.3 Å². The number of amides is 1. The number of hydrogen-bond acceptors (Lipinski definition) is 4. The monoisotopic (exact) mass is 312 g/mol. The molecule has 1 amide bonds. The van der Waals surface area contributed by atoms with Crippen molar-refractivity contribution in [2.75, 3.05) is 23.4 Å². The van der Waals surface area contributed by atoms with Gasteiger partial charge in [0.15, 0.2) is 9.84 Å². The van der Waals surface area contributed by atoms with Gasteiger partial charge >= 0.3 is 0 Å². The lowest BCUT2D eigenvalue weighted by atomic mass is 10.1. The van der Waals surface area contributed by atoms with E-state index in [-0.39, 0.29) is 23.5 Å². The number of carbonyl (C=O) groups is 1. The third-order valence-electron chi connectivity index (χ3n) is 3.05. The zero-order valence-electron chi connectivity index (χ0n) is 12.8. The molecule has 0 saturated carbocycles. The molecule has 2 N–H and O–H groups in total. The predicted molar refractivity (Wildman–Crippen MR) is 86.2 cm³/mol. The van der Waals surface area contributed by atoms with Crippen molar-refractivity contribution >= 4 is 21.4 Å². The van der Waals surface area contributed by atoms with Gasteiger partial charge in [0.25, 0.3) is 0 Å². The highest BCUT2D eigenvalue weighted by atomic mass is 32.2. The van der Waals surface area contributed by atoms with Crippen LogP contribution in [0.4, 0.5) is 5.69 Å². The van der Waals surface area contributed by atoms with Crippen LogP contribution in [0.15, 0.2) is 24.3 Å². The Morgan fingerprint density at radius 2 is 1.81 bits per heavy atom. The van der Waals surface area contributed by atoms with Crippen LogP contribution in [0.2, 0.25) is 0 Å². The molecule has 1 aromatic carbocycles. The van der Waals surface area contributed by atoms with E-state index >= 15 is 0 Å². The smallest absolute Gasteiger partial charge is 0.224 e. The van der Waals surface area contributed by atoms with Crippen LogP contribution >= 0.6 is 0 Å². The molecule has 1 rings (SSSR count). The largest absolute Gasteiger partial charge is 0.382 e. The van der Waals surface area contributed by atoms with Crippen molar-refractivity contribution in [3.05, 3.63) is 29.8 Å². The Balaban J connectivity index is 2.56. The third kappa shape index (κ3) is 6.62. The molecule has 118 valence electrons. The molecule has 0 aliphatic rings. The molecule has 5 nitrogen and oxygen atoms in total. The molecule has 0 saturated heterocycles. The topological polar surface area (TPSA) is 75.3 Å². The van der Waals surface area contributed by atoms with Gasteiger partial charge in [0.05, 0.1) is 12.2 Å². The van der Waals surface area contributed by atoms with Crippen LogP contribution in [0.3, 0.4) is 0 Å². The van der Waals surface area contributed by atoms with Crippen molar-refractivity contribution < 1.29 is 13.2 Å². The van der Waals surface area contributed by atoms with E-state index < -0.39 is 9.84 Å². The van der Waals surface area contributed by atoms with Gasteiger partial charge in [-0.3, -0.25) is 4.79 Å². The number of rotatable bonds is 8. The first-order valence-electron chi connectivity index (χ1n) is 7.19. The van der Waals surface area contributed by atoms with E-state index in [0.717, 1.165) is 11.3 Å². The first kappa shape index (κ1) is 17.5. The van der Waals surface area contributed by atoms with E-state index in [0.29, 0.717) is 13.0 Å². The summed E-state index contributed by atoms with van der Waals surface area (Å²) < 4.78 is 23.1. The Morgan fingerprint density at radius 3 is 2.33 bits per heavy atom. The Kier molecular flexibility index (Phi) is 6.68. The van der Waals surface area contributed by atoms with Crippen LogP contribution in [0.5, 0.6) is 0 Å². The molecule has 0 bridgehead atoms. The van der Waals surface area contributed by atoms with E-state index in [1.54, 1.807) is 6.92 Å². The summed E-state index contributed by atoms with van der Waals surface area (Å²) in [5.41, 5.74) is 1.79. The van der Waals surface area contributed by atoms with Crippen LogP contribution in [0.25, 0.3) is 0 Å². The fourth-order valence-corrected chi connectivity index (χ4v) is 3.07. The first-order valence-corrected chi connectivity index (χ1v) is 9.01. The van der Waals surface area contributed by atoms with Crippen LogP contribution in [-0.4, -0.2) is 38.4 Å². The van der Waals surface area contributed by atoms with E-state index in [1.807, 2.05) is 38.1 Å². The maximum absolute atomic E-state index is 11.6. The second kappa shape index (κ2) is 8.02. The van der Waals surface area contributed by atoms with Gasteiger partial charge in [-0.15, -0.1) is 0 Å². The second-order valence-corrected chi connectivity index (χ2v) is 7.47. The number of hydrogen-bond donors (Lipinski definition) is 2. The Morgan fingerprint density at radius 1 is 1.19 bits per heavy atom. The molecule has 0 spiro atoms. The summed E-state index contributed by atoms with van der Waals surface area (Å²) in [5, 5.41) is 5.91. The summed E-state index contributed by atoms with van der Waals surface area (Å²) in [4.78, 5) is 11.5. The quantitative estimate of drug-likeness (QED) is 0.764. The molecule has 0 heterocycles. The molecule has 1 aromatic rings. The number of benzene rings is 1. The minimum Gasteiger partial charge on any atom is -0.382 e. The van der Waals surface area contributed by atoms with Gasteiger partial charge in [0.2, 0.25) is 5.91 Å². The van der Waals surface area contributed by atoms with E-state index in [9.17, 15) is 13.2 Å². The Hall–Kier alpha value is -1.56. The molecule has 0 aliphatic carbocycles. The average Bonchev–Trinajstić information content (AvgIpc) is 2.40. The number of anilines is 1. The van der Waals surface area contributed by atoms with Crippen molar-refractivity contribution in [3.63, 3.8) is 0 Å². The van der Waals surface area contributed by atoms with Crippen LogP contribution < -0.4 is 10.6 Å². The number of sulfone groups is 1. The Bertz CT molecular complexity index is 553. The van der Waals surface area contributed by atoms with Gasteiger partial charge in [-0.1, -0.05) is 19.1 Å². The lowest BCUT2D eigenvalue weighted by molar-refractivity contribution is -0.120. The fraction of sp³-hybridized carbons (Fsp3) is 0.533. The van der Waals surface area contributed by atoms with E-state index in [1.165, 1.54) is 0 Å². The van der Waals surface area contributed by atoms with Crippen molar-refractivity contribution in [1.82, 2.24) is 5.32 Å². The van der Waals surface area contributed by atoms with Crippen molar-refractivity contribution in [1.29, 1.82) is 0 Å². The lowest BCUT2D eigenvalue weighted by Gasteiger charge is -2.15. The summed E-state index contributed by atoms with van der Waals surface area (Å²) in [6.45, 7) is 6.01. The van der Waals surface area contributed by atoms with Gasteiger partial charge in [0, 0.05) is 24.0 Å². The van der Waals surface area contributed by atoms with E-state index in [2.05, 4.69) is 10.6 Å². The first-order chi connectivity index (χ1) is 9.86. The summed E-state index contributed by atoms with van der Waals surface area (Å²) in [6, 6.07) is 7.33. The molecule has 0 aromatic heterocycles. The van der Waals surface area contributed by atoms with Gasteiger partial charge in [-0.05, 0) is 31.5 Å². The minimum atomic E-state index is -2.98. The van der Waals surface area contributed by atoms with Crippen LogP contribution in [-0.2, 0) is 21.1 Å². The molecular formula is C15H24N2O3S. The average molecular weight is 312 g/mol. The minimum absolute atomic E-state index is 0.000571. The molecule has 21 heavy (non-hydrogen) atoms. The molecule has 1 unspecified atom stereocenters. The fourth-order valence-electron chi connectivity index (χ4n) is 1.99. The maximum Gasteiger partial charge on any atom is 0.224 e. The zero-order chi connectivity index (χ0) is 15.9. The standard InChI is InChI=1S/C15H24N2O3S/c1-4-16-15(18)10-13-6-8-14(9-7-13)17-12(3)11-21(19,20)5-2/h6-9,12,17H,4-5,10-11H2,1-3H3,(H,16,18). The molecular weight excluding hydrogens is 288 g/mol. The molecule has 0 aliphatic heterocycles. The highest BCUT2D eigenvalue weighted by Crippen LogP contribution is 2.12. The van der Waals surface area contributed by atoms with Crippen LogP contribution in [0, 0.1) is 0 Å². The predicted octanol–water partition coefficient (Wildman–Crippen LogP) is 1.60. The molecule has 0 radical (unpaired) electrons. The van der Waals surface area contributed by atoms with Gasteiger partial charge in [0.1, 0.15) is 0 Å². The third-order valence-corrected chi connectivity index (χ3v) is 4.94.